The van der Waals surface area contributed by atoms with Gasteiger partial charge in [0.15, 0.2) is 0 Å². The van der Waals surface area contributed by atoms with Gasteiger partial charge in [0.25, 0.3) is 0 Å². The molecule has 0 bridgehead atoms. The summed E-state index contributed by atoms with van der Waals surface area (Å²) in [7, 11) is 0. The average Bonchev–Trinajstić information content (AvgIpc) is 2.05. The van der Waals surface area contributed by atoms with Crippen molar-refractivity contribution < 1.29 is 10.2 Å². The van der Waals surface area contributed by atoms with E-state index in [0.29, 0.717) is 0 Å². The number of nitrogens with one attached hydrogen (secondary N) is 1. The summed E-state index contributed by atoms with van der Waals surface area (Å²) in [4.78, 5) is 0. The predicted octanol–water partition coefficient (Wildman–Crippen LogP) is -0.272. The largest absolute Gasteiger partial charge is 0.391 e. The Bertz CT molecular complexity index is 111. The summed E-state index contributed by atoms with van der Waals surface area (Å²) in [6.45, 7) is 3.52. The molecule has 0 saturated carbocycles. The van der Waals surface area contributed by atoms with E-state index in [-0.39, 0.29) is 5.92 Å². The van der Waals surface area contributed by atoms with Crippen molar-refractivity contribution in [2.75, 3.05) is 13.1 Å². The monoisotopic (exact) mass is 159 g/mol. The van der Waals surface area contributed by atoms with E-state index in [1.54, 1.807) is 6.92 Å². The second-order valence-electron chi connectivity index (χ2n) is 3.34. The van der Waals surface area contributed by atoms with Crippen LogP contribution in [0.3, 0.4) is 0 Å². The van der Waals surface area contributed by atoms with Crippen molar-refractivity contribution >= 4 is 0 Å². The lowest BCUT2D eigenvalue weighted by molar-refractivity contribution is -0.0135. The van der Waals surface area contributed by atoms with Gasteiger partial charge in [0.1, 0.15) is 0 Å². The summed E-state index contributed by atoms with van der Waals surface area (Å²) in [6, 6.07) is 0. The Labute approximate surface area is 67.4 Å². The van der Waals surface area contributed by atoms with Gasteiger partial charge in [-0.1, -0.05) is 0 Å². The van der Waals surface area contributed by atoms with E-state index in [1.807, 2.05) is 0 Å². The van der Waals surface area contributed by atoms with Crippen LogP contribution in [0, 0.1) is 5.92 Å². The molecule has 1 aliphatic heterocycles. The Morgan fingerprint density at radius 2 is 2.18 bits per heavy atom. The molecule has 1 saturated heterocycles. The maximum atomic E-state index is 9.46. The lowest BCUT2D eigenvalue weighted by atomic mass is 9.91. The first-order valence-electron chi connectivity index (χ1n) is 4.28. The molecule has 0 amide bonds. The molecule has 0 aromatic heterocycles. The van der Waals surface area contributed by atoms with Crippen molar-refractivity contribution in [2.24, 2.45) is 5.92 Å². The molecule has 1 heterocycles. The molecule has 3 nitrogen and oxygen atoms in total. The summed E-state index contributed by atoms with van der Waals surface area (Å²) < 4.78 is 0. The minimum Gasteiger partial charge on any atom is -0.391 e. The smallest absolute Gasteiger partial charge is 0.0836 e. The highest BCUT2D eigenvalue weighted by atomic mass is 16.3. The van der Waals surface area contributed by atoms with Crippen molar-refractivity contribution in [2.45, 2.75) is 32.0 Å². The average molecular weight is 159 g/mol. The van der Waals surface area contributed by atoms with Crippen LogP contribution in [0.5, 0.6) is 0 Å². The summed E-state index contributed by atoms with van der Waals surface area (Å²) in [5.74, 6) is 0.240. The summed E-state index contributed by atoms with van der Waals surface area (Å²) in [5, 5.41) is 21.8. The molecule has 3 heteroatoms. The van der Waals surface area contributed by atoms with Gasteiger partial charge < -0.3 is 15.5 Å². The van der Waals surface area contributed by atoms with E-state index in [2.05, 4.69) is 5.32 Å². The zero-order valence-electron chi connectivity index (χ0n) is 6.95. The topological polar surface area (TPSA) is 52.5 Å². The molecule has 1 aliphatic rings. The number of aliphatic hydroxyl groups is 2. The van der Waals surface area contributed by atoms with Gasteiger partial charge in [-0.15, -0.1) is 0 Å². The second-order valence-corrected chi connectivity index (χ2v) is 3.34. The summed E-state index contributed by atoms with van der Waals surface area (Å²) in [6.07, 6.45) is 0.982. The lowest BCUT2D eigenvalue weighted by Gasteiger charge is -2.28. The highest BCUT2D eigenvalue weighted by Gasteiger charge is 2.24. The first-order valence-corrected chi connectivity index (χ1v) is 4.28. The molecule has 0 aromatic carbocycles. The van der Waals surface area contributed by atoms with Gasteiger partial charge in [0, 0.05) is 6.54 Å². The van der Waals surface area contributed by atoms with Crippen LogP contribution < -0.4 is 5.32 Å². The Kier molecular flexibility index (Phi) is 3.30. The molecular weight excluding hydrogens is 142 g/mol. The molecular formula is C8H17NO2. The zero-order valence-corrected chi connectivity index (χ0v) is 6.95. The van der Waals surface area contributed by atoms with Crippen LogP contribution in [0.4, 0.5) is 0 Å². The fourth-order valence-electron chi connectivity index (χ4n) is 1.56. The molecule has 0 aromatic rings. The molecule has 0 spiro atoms. The van der Waals surface area contributed by atoms with Gasteiger partial charge in [-0.2, -0.15) is 0 Å². The molecule has 3 unspecified atom stereocenters. The standard InChI is InChI=1S/C8H17NO2/c1-6(10)8(11)7-3-2-4-9-5-7/h6-11H,2-5H2,1H3. The van der Waals surface area contributed by atoms with Crippen molar-refractivity contribution in [1.82, 2.24) is 5.32 Å². The SMILES string of the molecule is CC(O)C(O)C1CCCNC1. The van der Waals surface area contributed by atoms with Gasteiger partial charge in [-0.3, -0.25) is 0 Å². The number of hydrogen-bond donors (Lipinski definition) is 3. The molecule has 66 valence electrons. The van der Waals surface area contributed by atoms with Crippen LogP contribution in [0.25, 0.3) is 0 Å². The van der Waals surface area contributed by atoms with Crippen LogP contribution in [-0.4, -0.2) is 35.5 Å². The van der Waals surface area contributed by atoms with Gasteiger partial charge >= 0.3 is 0 Å². The molecule has 11 heavy (non-hydrogen) atoms. The van der Waals surface area contributed by atoms with E-state index in [1.165, 1.54) is 0 Å². The predicted molar refractivity (Wildman–Crippen MR) is 43.3 cm³/mol. The molecule has 3 N–H and O–H groups in total. The van der Waals surface area contributed by atoms with E-state index >= 15 is 0 Å². The third-order valence-corrected chi connectivity index (χ3v) is 2.31. The first kappa shape index (κ1) is 8.97. The highest BCUT2D eigenvalue weighted by molar-refractivity contribution is 4.78. The molecule has 1 rings (SSSR count). The van der Waals surface area contributed by atoms with Gasteiger partial charge in [0.2, 0.25) is 0 Å². The van der Waals surface area contributed by atoms with Crippen molar-refractivity contribution in [3.05, 3.63) is 0 Å². The van der Waals surface area contributed by atoms with Crippen molar-refractivity contribution in [3.8, 4) is 0 Å². The van der Waals surface area contributed by atoms with Gasteiger partial charge in [0.05, 0.1) is 12.2 Å². The normalized spacial score (nSPS) is 31.4. The quantitative estimate of drug-likeness (QED) is 0.520. The van der Waals surface area contributed by atoms with Crippen molar-refractivity contribution in [1.29, 1.82) is 0 Å². The van der Waals surface area contributed by atoms with Crippen LogP contribution in [0.15, 0.2) is 0 Å². The third kappa shape index (κ3) is 2.43. The van der Waals surface area contributed by atoms with Crippen LogP contribution in [0.2, 0.25) is 0 Å². The number of piperidine rings is 1. The van der Waals surface area contributed by atoms with Crippen molar-refractivity contribution in [3.63, 3.8) is 0 Å². The summed E-state index contributed by atoms with van der Waals surface area (Å²) >= 11 is 0. The molecule has 3 atom stereocenters. The molecule has 0 radical (unpaired) electrons. The van der Waals surface area contributed by atoms with E-state index < -0.39 is 12.2 Å². The maximum absolute atomic E-state index is 9.46. The second kappa shape index (κ2) is 4.04. The Hall–Kier alpha value is -0.120. The number of hydrogen-bond acceptors (Lipinski definition) is 3. The fraction of sp³-hybridized carbons (Fsp3) is 1.00. The van der Waals surface area contributed by atoms with Crippen LogP contribution in [0.1, 0.15) is 19.8 Å². The third-order valence-electron chi connectivity index (χ3n) is 2.31. The van der Waals surface area contributed by atoms with E-state index in [9.17, 15) is 5.11 Å². The zero-order chi connectivity index (χ0) is 8.27. The van der Waals surface area contributed by atoms with Gasteiger partial charge in [-0.05, 0) is 32.2 Å². The highest BCUT2D eigenvalue weighted by Crippen LogP contribution is 2.16. The van der Waals surface area contributed by atoms with Crippen LogP contribution in [-0.2, 0) is 0 Å². The Balaban J connectivity index is 2.32. The lowest BCUT2D eigenvalue weighted by Crippen LogP contribution is -2.41. The summed E-state index contributed by atoms with van der Waals surface area (Å²) in [5.41, 5.74) is 0. The first-order chi connectivity index (χ1) is 5.22. The Morgan fingerprint density at radius 3 is 2.64 bits per heavy atom. The van der Waals surface area contributed by atoms with Gasteiger partial charge in [-0.25, -0.2) is 0 Å². The number of aliphatic hydroxyl groups excluding tert-OH is 2. The minimum atomic E-state index is -0.597. The fourth-order valence-corrected chi connectivity index (χ4v) is 1.56. The van der Waals surface area contributed by atoms with Crippen LogP contribution >= 0.6 is 0 Å². The van der Waals surface area contributed by atoms with E-state index in [4.69, 9.17) is 5.11 Å². The van der Waals surface area contributed by atoms with E-state index in [0.717, 1.165) is 25.9 Å². The minimum absolute atomic E-state index is 0.240. The number of rotatable bonds is 2. The molecule has 1 fully saturated rings. The maximum Gasteiger partial charge on any atom is 0.0836 e. The Morgan fingerprint density at radius 1 is 1.45 bits per heavy atom. The molecule has 0 aliphatic carbocycles.